The van der Waals surface area contributed by atoms with Crippen molar-refractivity contribution in [2.75, 3.05) is 26.2 Å². The van der Waals surface area contributed by atoms with Crippen LogP contribution in [0, 0.1) is 5.92 Å². The van der Waals surface area contributed by atoms with Gasteiger partial charge in [-0.3, -0.25) is 9.69 Å². The molecule has 0 rings (SSSR count). The predicted molar refractivity (Wildman–Crippen MR) is 77.7 cm³/mol. The molecule has 18 heavy (non-hydrogen) atoms. The number of nitrogens with zero attached hydrogens (tertiary/aromatic N) is 1. The van der Waals surface area contributed by atoms with Crippen molar-refractivity contribution >= 4 is 5.91 Å². The number of rotatable bonds is 9. The van der Waals surface area contributed by atoms with Gasteiger partial charge in [-0.2, -0.15) is 0 Å². The highest BCUT2D eigenvalue weighted by Gasteiger charge is 2.12. The first-order chi connectivity index (χ1) is 8.34. The molecule has 0 spiro atoms. The highest BCUT2D eigenvalue weighted by atomic mass is 16.1. The summed E-state index contributed by atoms with van der Waals surface area (Å²) in [5.41, 5.74) is 0. The van der Waals surface area contributed by atoms with Crippen LogP contribution in [0.25, 0.3) is 0 Å². The molecule has 0 aromatic heterocycles. The van der Waals surface area contributed by atoms with Gasteiger partial charge in [0.2, 0.25) is 5.91 Å². The molecular formula is C14H31N3O. The monoisotopic (exact) mass is 257 g/mol. The Morgan fingerprint density at radius 1 is 1.06 bits per heavy atom. The second-order valence-electron chi connectivity index (χ2n) is 5.80. The summed E-state index contributed by atoms with van der Waals surface area (Å²) >= 11 is 0. The molecule has 1 amide bonds. The molecule has 0 unspecified atom stereocenters. The number of carbonyl (C=O) groups excluding carboxylic acids is 1. The maximum absolute atomic E-state index is 11.5. The fraction of sp³-hybridized carbons (Fsp3) is 0.929. The Kier molecular flexibility index (Phi) is 9.02. The van der Waals surface area contributed by atoms with Gasteiger partial charge < -0.3 is 10.6 Å². The highest BCUT2D eigenvalue weighted by molar-refractivity contribution is 5.77. The van der Waals surface area contributed by atoms with E-state index in [0.29, 0.717) is 24.5 Å². The van der Waals surface area contributed by atoms with Crippen LogP contribution in [0.15, 0.2) is 0 Å². The molecule has 0 radical (unpaired) electrons. The average molecular weight is 257 g/mol. The van der Waals surface area contributed by atoms with Crippen LogP contribution >= 0.6 is 0 Å². The molecule has 0 heterocycles. The lowest BCUT2D eigenvalue weighted by Gasteiger charge is -2.30. The van der Waals surface area contributed by atoms with Crippen LogP contribution in [0.1, 0.15) is 41.5 Å². The summed E-state index contributed by atoms with van der Waals surface area (Å²) in [4.78, 5) is 13.9. The molecule has 4 nitrogen and oxygen atoms in total. The quantitative estimate of drug-likeness (QED) is 0.615. The van der Waals surface area contributed by atoms with E-state index in [4.69, 9.17) is 0 Å². The zero-order valence-corrected chi connectivity index (χ0v) is 12.9. The maximum Gasteiger partial charge on any atom is 0.233 e. The van der Waals surface area contributed by atoms with Crippen molar-refractivity contribution in [3.63, 3.8) is 0 Å². The van der Waals surface area contributed by atoms with Crippen LogP contribution in [-0.2, 0) is 4.79 Å². The molecule has 0 bridgehead atoms. The van der Waals surface area contributed by atoms with Crippen LogP contribution in [0.3, 0.4) is 0 Å². The van der Waals surface area contributed by atoms with Gasteiger partial charge in [0.05, 0.1) is 6.54 Å². The van der Waals surface area contributed by atoms with Gasteiger partial charge in [0, 0.05) is 31.7 Å². The summed E-state index contributed by atoms with van der Waals surface area (Å²) in [5, 5.41) is 6.10. The third kappa shape index (κ3) is 8.48. The van der Waals surface area contributed by atoms with Crippen LogP contribution in [0.2, 0.25) is 0 Å². The van der Waals surface area contributed by atoms with Crippen molar-refractivity contribution < 1.29 is 4.79 Å². The summed E-state index contributed by atoms with van der Waals surface area (Å²) in [7, 11) is 0. The lowest BCUT2D eigenvalue weighted by atomic mass is 10.2. The molecule has 0 aliphatic carbocycles. The third-order valence-electron chi connectivity index (χ3n) is 2.87. The van der Waals surface area contributed by atoms with Crippen molar-refractivity contribution in [2.24, 2.45) is 5.92 Å². The molecule has 0 aliphatic heterocycles. The van der Waals surface area contributed by atoms with Gasteiger partial charge in [0.1, 0.15) is 0 Å². The van der Waals surface area contributed by atoms with Crippen molar-refractivity contribution in [1.82, 2.24) is 15.5 Å². The minimum absolute atomic E-state index is 0.0874. The predicted octanol–water partition coefficient (Wildman–Crippen LogP) is 1.47. The fourth-order valence-corrected chi connectivity index (χ4v) is 1.90. The highest BCUT2D eigenvalue weighted by Crippen LogP contribution is 2.02. The van der Waals surface area contributed by atoms with Crippen LogP contribution in [-0.4, -0.2) is 49.1 Å². The van der Waals surface area contributed by atoms with Crippen LogP contribution in [0.5, 0.6) is 0 Å². The van der Waals surface area contributed by atoms with E-state index in [-0.39, 0.29) is 5.91 Å². The zero-order valence-electron chi connectivity index (χ0n) is 12.9. The number of hydrogen-bond acceptors (Lipinski definition) is 3. The molecule has 0 fully saturated rings. The Morgan fingerprint density at radius 3 is 2.06 bits per heavy atom. The summed E-state index contributed by atoms with van der Waals surface area (Å²) in [6.07, 6.45) is 0. The fourth-order valence-electron chi connectivity index (χ4n) is 1.90. The van der Waals surface area contributed by atoms with E-state index < -0.39 is 0 Å². The first-order valence-electron chi connectivity index (χ1n) is 7.07. The van der Waals surface area contributed by atoms with E-state index in [9.17, 15) is 4.79 Å². The summed E-state index contributed by atoms with van der Waals surface area (Å²) < 4.78 is 0. The molecular weight excluding hydrogens is 226 g/mol. The standard InChI is InChI=1S/C14H31N3O/c1-11(2)9-16-14(18)10-15-7-8-17(12(3)4)13(5)6/h11-13,15H,7-10H2,1-6H3,(H,16,18). The van der Waals surface area contributed by atoms with Crippen molar-refractivity contribution in [2.45, 2.75) is 53.6 Å². The largest absolute Gasteiger partial charge is 0.355 e. The van der Waals surface area contributed by atoms with E-state index in [1.807, 2.05) is 0 Å². The van der Waals surface area contributed by atoms with Gasteiger partial charge in [-0.25, -0.2) is 0 Å². The van der Waals surface area contributed by atoms with Crippen molar-refractivity contribution in [1.29, 1.82) is 0 Å². The topological polar surface area (TPSA) is 44.4 Å². The normalized spacial score (nSPS) is 11.9. The number of amides is 1. The first-order valence-corrected chi connectivity index (χ1v) is 7.07. The minimum Gasteiger partial charge on any atom is -0.355 e. The Morgan fingerprint density at radius 2 is 1.61 bits per heavy atom. The van der Waals surface area contributed by atoms with Crippen LogP contribution < -0.4 is 10.6 Å². The molecule has 2 N–H and O–H groups in total. The molecule has 108 valence electrons. The maximum atomic E-state index is 11.5. The van der Waals surface area contributed by atoms with Gasteiger partial charge in [0.25, 0.3) is 0 Å². The van der Waals surface area contributed by atoms with E-state index >= 15 is 0 Å². The minimum atomic E-state index is 0.0874. The lowest BCUT2D eigenvalue weighted by Crippen LogP contribution is -2.43. The van der Waals surface area contributed by atoms with Crippen molar-refractivity contribution in [3.8, 4) is 0 Å². The van der Waals surface area contributed by atoms with Gasteiger partial charge in [0.15, 0.2) is 0 Å². The van der Waals surface area contributed by atoms with E-state index in [1.54, 1.807) is 0 Å². The van der Waals surface area contributed by atoms with Crippen LogP contribution in [0.4, 0.5) is 0 Å². The zero-order chi connectivity index (χ0) is 14.1. The third-order valence-corrected chi connectivity index (χ3v) is 2.87. The van der Waals surface area contributed by atoms with E-state index in [2.05, 4.69) is 57.1 Å². The van der Waals surface area contributed by atoms with Crippen molar-refractivity contribution in [3.05, 3.63) is 0 Å². The van der Waals surface area contributed by atoms with Gasteiger partial charge in [-0.15, -0.1) is 0 Å². The van der Waals surface area contributed by atoms with Gasteiger partial charge in [-0.1, -0.05) is 13.8 Å². The van der Waals surface area contributed by atoms with E-state index in [0.717, 1.165) is 19.6 Å². The van der Waals surface area contributed by atoms with Gasteiger partial charge in [-0.05, 0) is 33.6 Å². The molecule has 0 aromatic carbocycles. The lowest BCUT2D eigenvalue weighted by molar-refractivity contribution is -0.120. The second kappa shape index (κ2) is 9.34. The Hall–Kier alpha value is -0.610. The van der Waals surface area contributed by atoms with Gasteiger partial charge >= 0.3 is 0 Å². The second-order valence-corrected chi connectivity index (χ2v) is 5.80. The number of hydrogen-bond donors (Lipinski definition) is 2. The summed E-state index contributed by atoms with van der Waals surface area (Å²) in [6, 6.07) is 1.09. The Bertz CT molecular complexity index is 219. The Labute approximate surface area is 113 Å². The summed E-state index contributed by atoms with van der Waals surface area (Å²) in [6.45, 7) is 16.0. The number of nitrogens with one attached hydrogen (secondary N) is 2. The smallest absolute Gasteiger partial charge is 0.233 e. The number of carbonyl (C=O) groups is 1. The van der Waals surface area contributed by atoms with E-state index in [1.165, 1.54) is 0 Å². The molecule has 0 aliphatic rings. The molecule has 0 saturated carbocycles. The molecule has 4 heteroatoms. The molecule has 0 saturated heterocycles. The Balaban J connectivity index is 3.68. The summed E-state index contributed by atoms with van der Waals surface area (Å²) in [5.74, 6) is 0.593. The molecule has 0 atom stereocenters. The first kappa shape index (κ1) is 17.4. The molecule has 0 aromatic rings. The SMILES string of the molecule is CC(C)CNC(=O)CNCCN(C(C)C)C(C)C. The average Bonchev–Trinajstić information content (AvgIpc) is 2.24.